The van der Waals surface area contributed by atoms with Gasteiger partial charge in [0.1, 0.15) is 0 Å². The molecule has 0 aliphatic heterocycles. The molecule has 0 nitrogen and oxygen atoms in total. The van der Waals surface area contributed by atoms with Crippen LogP contribution in [0.1, 0.15) is 15.3 Å². The second kappa shape index (κ2) is 6.78. The first-order valence-corrected chi connectivity index (χ1v) is 7.56. The molecule has 0 saturated heterocycles. The monoisotopic (exact) mass is 286 g/mol. The third-order valence-corrected chi connectivity index (χ3v) is 4.08. The van der Waals surface area contributed by atoms with Crippen LogP contribution in [0.2, 0.25) is 0 Å². The lowest BCUT2D eigenvalue weighted by Gasteiger charge is -2.03. The Bertz CT molecular complexity index is 576. The summed E-state index contributed by atoms with van der Waals surface area (Å²) < 4.78 is 0. The van der Waals surface area contributed by atoms with Crippen molar-refractivity contribution in [2.45, 2.75) is 19.8 Å². The van der Waals surface area contributed by atoms with E-state index in [0.717, 1.165) is 23.3 Å². The molecule has 2 rings (SSSR count). The zero-order valence-electron chi connectivity index (χ0n) is 11.1. The maximum Gasteiger partial charge on any atom is 0.00916 e. The van der Waals surface area contributed by atoms with Crippen LogP contribution in [0.25, 0.3) is 0 Å². The fourth-order valence-corrected chi connectivity index (χ4v) is 3.26. The van der Waals surface area contributed by atoms with E-state index in [2.05, 4.69) is 68.6 Å². The third-order valence-electron chi connectivity index (χ3n) is 2.80. The zero-order chi connectivity index (χ0) is 13.7. The summed E-state index contributed by atoms with van der Waals surface area (Å²) in [5.41, 5.74) is 2.39. The number of benzene rings is 1. The van der Waals surface area contributed by atoms with Crippen molar-refractivity contribution in [3.8, 4) is 0 Å². The zero-order valence-corrected chi connectivity index (χ0v) is 12.8. The molecule has 0 saturated carbocycles. The Morgan fingerprint density at radius 1 is 1.16 bits per heavy atom. The van der Waals surface area contributed by atoms with E-state index in [9.17, 15) is 0 Å². The number of rotatable bonds is 5. The van der Waals surface area contributed by atoms with Crippen molar-refractivity contribution in [2.75, 3.05) is 0 Å². The summed E-state index contributed by atoms with van der Waals surface area (Å²) in [5.74, 6) is 0. The Labute approximate surface area is 124 Å². The van der Waals surface area contributed by atoms with Crippen molar-refractivity contribution in [2.24, 2.45) is 0 Å². The van der Waals surface area contributed by atoms with Gasteiger partial charge in [0.15, 0.2) is 0 Å². The molecular formula is C17H18S2. The van der Waals surface area contributed by atoms with E-state index in [1.165, 1.54) is 15.3 Å². The molecule has 0 unspecified atom stereocenters. The molecule has 1 aromatic heterocycles. The lowest BCUT2D eigenvalue weighted by molar-refractivity contribution is 1.21. The summed E-state index contributed by atoms with van der Waals surface area (Å²) in [4.78, 5) is 3.77. The second-order valence-corrected chi connectivity index (χ2v) is 6.59. The molecule has 1 aromatic carbocycles. The summed E-state index contributed by atoms with van der Waals surface area (Å²) in [7, 11) is 0. The van der Waals surface area contributed by atoms with Crippen molar-refractivity contribution in [3.05, 3.63) is 80.9 Å². The molecule has 0 aliphatic carbocycles. The molecule has 0 atom stereocenters. The Kier molecular flexibility index (Phi) is 5.06. The van der Waals surface area contributed by atoms with Crippen LogP contribution in [0.4, 0.5) is 0 Å². The minimum absolute atomic E-state index is 0.867. The van der Waals surface area contributed by atoms with Crippen LogP contribution in [0, 0.1) is 6.92 Å². The van der Waals surface area contributed by atoms with Gasteiger partial charge < -0.3 is 0 Å². The minimum Gasteiger partial charge on any atom is -0.148 e. The number of thiophene rings is 1. The van der Waals surface area contributed by atoms with Crippen LogP contribution in [0.5, 0.6) is 0 Å². The Morgan fingerprint density at radius 3 is 2.53 bits per heavy atom. The number of hydrogen-bond acceptors (Lipinski definition) is 2. The van der Waals surface area contributed by atoms with Crippen molar-refractivity contribution in [1.82, 2.24) is 0 Å². The predicted molar refractivity (Wildman–Crippen MR) is 89.1 cm³/mol. The first-order chi connectivity index (χ1) is 9.13. The van der Waals surface area contributed by atoms with Gasteiger partial charge in [0.25, 0.3) is 0 Å². The highest BCUT2D eigenvalue weighted by Gasteiger charge is 2.00. The van der Waals surface area contributed by atoms with Crippen LogP contribution in [0.3, 0.4) is 0 Å². The molecule has 0 radical (unpaired) electrons. The van der Waals surface area contributed by atoms with E-state index < -0.39 is 0 Å². The number of thiol groups is 1. The molecule has 2 aromatic rings. The van der Waals surface area contributed by atoms with Crippen LogP contribution < -0.4 is 0 Å². The maximum absolute atomic E-state index is 4.56. The Morgan fingerprint density at radius 2 is 1.89 bits per heavy atom. The number of hydrogen-bond donors (Lipinski definition) is 1. The fraction of sp³-hybridized carbons (Fsp3) is 0.176. The van der Waals surface area contributed by atoms with Gasteiger partial charge in [-0.3, -0.25) is 0 Å². The standard InChI is InChI=1S/C17H18S2/c1-13(11-17-9-8-14(2)19-17)10-16(18)12-15-6-4-3-5-7-15/h3-10,18H,1,11-12H2,2H3/b16-10-. The molecule has 0 fully saturated rings. The van der Waals surface area contributed by atoms with Crippen molar-refractivity contribution in [3.63, 3.8) is 0 Å². The highest BCUT2D eigenvalue weighted by molar-refractivity contribution is 7.84. The van der Waals surface area contributed by atoms with Gasteiger partial charge in [-0.1, -0.05) is 36.9 Å². The highest BCUT2D eigenvalue weighted by Crippen LogP contribution is 2.20. The number of allylic oxidation sites excluding steroid dienone is 3. The van der Waals surface area contributed by atoms with Crippen LogP contribution in [-0.4, -0.2) is 0 Å². The first kappa shape index (κ1) is 14.2. The van der Waals surface area contributed by atoms with E-state index in [-0.39, 0.29) is 0 Å². The highest BCUT2D eigenvalue weighted by atomic mass is 32.1. The third kappa shape index (κ3) is 4.73. The SMILES string of the molecule is C=C(/C=C(\S)Cc1ccccc1)Cc1ccc(C)s1. The average Bonchev–Trinajstić information content (AvgIpc) is 2.75. The van der Waals surface area contributed by atoms with Crippen molar-refractivity contribution in [1.29, 1.82) is 0 Å². The van der Waals surface area contributed by atoms with E-state index in [1.54, 1.807) is 0 Å². The van der Waals surface area contributed by atoms with Gasteiger partial charge in [0, 0.05) is 22.6 Å². The lowest BCUT2D eigenvalue weighted by Crippen LogP contribution is -1.87. The van der Waals surface area contributed by atoms with Crippen LogP contribution in [0.15, 0.2) is 65.6 Å². The summed E-state index contributed by atoms with van der Waals surface area (Å²) in [6, 6.07) is 14.7. The second-order valence-electron chi connectivity index (χ2n) is 4.65. The van der Waals surface area contributed by atoms with Gasteiger partial charge in [-0.15, -0.1) is 24.0 Å². The molecule has 1 heterocycles. The van der Waals surface area contributed by atoms with Crippen molar-refractivity contribution < 1.29 is 0 Å². The summed E-state index contributed by atoms with van der Waals surface area (Å²) in [6.07, 6.45) is 3.87. The van der Waals surface area contributed by atoms with Gasteiger partial charge in [0.05, 0.1) is 0 Å². The topological polar surface area (TPSA) is 0 Å². The van der Waals surface area contributed by atoms with Gasteiger partial charge in [-0.2, -0.15) is 0 Å². The number of aryl methyl sites for hydroxylation is 1. The Balaban J connectivity index is 1.95. The molecule has 0 amide bonds. The molecule has 0 N–H and O–H groups in total. The predicted octanol–water partition coefficient (Wildman–Crippen LogP) is 5.21. The summed E-state index contributed by atoms with van der Waals surface area (Å²) in [6.45, 7) is 6.25. The van der Waals surface area contributed by atoms with E-state index in [1.807, 2.05) is 17.4 Å². The van der Waals surface area contributed by atoms with E-state index in [0.29, 0.717) is 0 Å². The smallest absolute Gasteiger partial charge is 0.00916 e. The van der Waals surface area contributed by atoms with Gasteiger partial charge in [-0.25, -0.2) is 0 Å². The van der Waals surface area contributed by atoms with Gasteiger partial charge >= 0.3 is 0 Å². The molecule has 2 heteroatoms. The van der Waals surface area contributed by atoms with Crippen molar-refractivity contribution >= 4 is 24.0 Å². The quantitative estimate of drug-likeness (QED) is 0.566. The van der Waals surface area contributed by atoms with Crippen LogP contribution >= 0.6 is 24.0 Å². The van der Waals surface area contributed by atoms with E-state index >= 15 is 0 Å². The molecule has 98 valence electrons. The minimum atomic E-state index is 0.867. The van der Waals surface area contributed by atoms with Gasteiger partial charge in [-0.05, 0) is 41.2 Å². The summed E-state index contributed by atoms with van der Waals surface area (Å²) >= 11 is 6.39. The largest absolute Gasteiger partial charge is 0.148 e. The molecule has 0 spiro atoms. The molecule has 19 heavy (non-hydrogen) atoms. The van der Waals surface area contributed by atoms with Gasteiger partial charge in [0.2, 0.25) is 0 Å². The maximum atomic E-state index is 4.56. The average molecular weight is 286 g/mol. The lowest BCUT2D eigenvalue weighted by atomic mass is 10.1. The molecule has 0 bridgehead atoms. The Hall–Kier alpha value is -1.25. The van der Waals surface area contributed by atoms with E-state index in [4.69, 9.17) is 0 Å². The fourth-order valence-electron chi connectivity index (χ4n) is 1.95. The normalized spacial score (nSPS) is 11.6. The van der Waals surface area contributed by atoms with Crippen LogP contribution in [-0.2, 0) is 12.8 Å². The molecular weight excluding hydrogens is 268 g/mol. The summed E-state index contributed by atoms with van der Waals surface area (Å²) in [5, 5.41) is 0. The molecule has 0 aliphatic rings. The first-order valence-electron chi connectivity index (χ1n) is 6.30.